The van der Waals surface area contributed by atoms with Crippen LogP contribution in [0.5, 0.6) is 0 Å². The lowest BCUT2D eigenvalue weighted by Crippen LogP contribution is -2.29. The Kier molecular flexibility index (Phi) is 3.86. The number of fused-ring (bicyclic) bond motifs is 1. The summed E-state index contributed by atoms with van der Waals surface area (Å²) in [6, 6.07) is 13.9. The van der Waals surface area contributed by atoms with E-state index in [9.17, 15) is 4.79 Å². The van der Waals surface area contributed by atoms with Gasteiger partial charge in [-0.3, -0.25) is 4.79 Å². The first kappa shape index (κ1) is 13.6. The Labute approximate surface area is 113 Å². The maximum atomic E-state index is 12.1. The molecule has 0 aromatic heterocycles. The lowest BCUT2D eigenvalue weighted by atomic mass is 9.89. The molecule has 19 heavy (non-hydrogen) atoms. The van der Waals surface area contributed by atoms with Gasteiger partial charge in [0, 0.05) is 17.5 Å². The predicted molar refractivity (Wildman–Crippen MR) is 80.0 cm³/mol. The van der Waals surface area contributed by atoms with E-state index in [1.165, 1.54) is 0 Å². The van der Waals surface area contributed by atoms with Crippen LogP contribution in [-0.4, -0.2) is 12.5 Å². The lowest BCUT2D eigenvalue weighted by molar-refractivity contribution is -0.117. The zero-order valence-corrected chi connectivity index (χ0v) is 11.4. The van der Waals surface area contributed by atoms with E-state index in [-0.39, 0.29) is 11.3 Å². The zero-order chi connectivity index (χ0) is 13.9. The van der Waals surface area contributed by atoms with Crippen molar-refractivity contribution < 1.29 is 4.79 Å². The van der Waals surface area contributed by atoms with Crippen LogP contribution in [0.1, 0.15) is 20.3 Å². The average Bonchev–Trinajstić information content (AvgIpc) is 2.38. The normalized spacial score (nSPS) is 11.5. The van der Waals surface area contributed by atoms with Crippen LogP contribution in [-0.2, 0) is 4.79 Å². The van der Waals surface area contributed by atoms with Gasteiger partial charge in [-0.1, -0.05) is 50.2 Å². The van der Waals surface area contributed by atoms with Crippen molar-refractivity contribution in [2.45, 2.75) is 20.3 Å². The minimum absolute atomic E-state index is 0.00630. The third-order valence-corrected chi connectivity index (χ3v) is 3.26. The van der Waals surface area contributed by atoms with E-state index in [1.54, 1.807) is 0 Å². The third-order valence-electron chi connectivity index (χ3n) is 3.26. The van der Waals surface area contributed by atoms with Crippen molar-refractivity contribution in [3.63, 3.8) is 0 Å². The summed E-state index contributed by atoms with van der Waals surface area (Å²) in [7, 11) is 0. The van der Waals surface area contributed by atoms with Crippen molar-refractivity contribution in [3.8, 4) is 0 Å². The van der Waals surface area contributed by atoms with Gasteiger partial charge in [-0.15, -0.1) is 0 Å². The SMILES string of the molecule is CC(C)(CN)CC(=O)Nc1cccc2ccccc12. The summed E-state index contributed by atoms with van der Waals surface area (Å²) in [5.41, 5.74) is 6.34. The number of benzene rings is 2. The molecule has 3 N–H and O–H groups in total. The van der Waals surface area contributed by atoms with Crippen LogP contribution in [0.4, 0.5) is 5.69 Å². The summed E-state index contributed by atoms with van der Waals surface area (Å²) in [6.45, 7) is 4.49. The first-order valence-electron chi connectivity index (χ1n) is 6.49. The van der Waals surface area contributed by atoms with Gasteiger partial charge in [-0.25, -0.2) is 0 Å². The number of nitrogens with two attached hydrogens (primary N) is 1. The van der Waals surface area contributed by atoms with Crippen LogP contribution in [0.2, 0.25) is 0 Å². The monoisotopic (exact) mass is 256 g/mol. The first-order chi connectivity index (χ1) is 9.02. The smallest absolute Gasteiger partial charge is 0.224 e. The van der Waals surface area contributed by atoms with Crippen LogP contribution in [0.3, 0.4) is 0 Å². The highest BCUT2D eigenvalue weighted by molar-refractivity contribution is 6.02. The summed E-state index contributed by atoms with van der Waals surface area (Å²) >= 11 is 0. The number of rotatable bonds is 4. The molecule has 0 saturated carbocycles. The van der Waals surface area contributed by atoms with Crippen LogP contribution in [0.15, 0.2) is 42.5 Å². The molecule has 1 amide bonds. The van der Waals surface area contributed by atoms with E-state index < -0.39 is 0 Å². The standard InChI is InChI=1S/C16H20N2O/c1-16(2,11-17)10-15(19)18-14-9-5-7-12-6-3-4-8-13(12)14/h3-9H,10-11,17H2,1-2H3,(H,18,19). The fourth-order valence-corrected chi connectivity index (χ4v) is 2.04. The molecule has 0 aliphatic heterocycles. The number of nitrogens with one attached hydrogen (secondary N) is 1. The fourth-order valence-electron chi connectivity index (χ4n) is 2.04. The summed E-state index contributed by atoms with van der Waals surface area (Å²) in [5.74, 6) is 0.00630. The molecule has 0 heterocycles. The molecular formula is C16H20N2O. The quantitative estimate of drug-likeness (QED) is 0.883. The molecule has 0 atom stereocenters. The van der Waals surface area contributed by atoms with E-state index in [0.717, 1.165) is 16.5 Å². The second-order valence-corrected chi connectivity index (χ2v) is 5.62. The van der Waals surface area contributed by atoms with E-state index in [2.05, 4.69) is 5.32 Å². The summed E-state index contributed by atoms with van der Waals surface area (Å²) in [4.78, 5) is 12.1. The minimum atomic E-state index is -0.172. The maximum absolute atomic E-state index is 12.1. The summed E-state index contributed by atoms with van der Waals surface area (Å²) in [5, 5.41) is 5.16. The molecule has 2 aromatic rings. The second-order valence-electron chi connectivity index (χ2n) is 5.62. The Morgan fingerprint density at radius 1 is 1.16 bits per heavy atom. The topological polar surface area (TPSA) is 55.1 Å². The van der Waals surface area contributed by atoms with E-state index in [4.69, 9.17) is 5.73 Å². The lowest BCUT2D eigenvalue weighted by Gasteiger charge is -2.21. The number of hydrogen-bond acceptors (Lipinski definition) is 2. The number of anilines is 1. The highest BCUT2D eigenvalue weighted by atomic mass is 16.1. The van der Waals surface area contributed by atoms with Gasteiger partial charge in [0.1, 0.15) is 0 Å². The second kappa shape index (κ2) is 5.41. The highest BCUT2D eigenvalue weighted by Crippen LogP contribution is 2.24. The van der Waals surface area contributed by atoms with Gasteiger partial charge in [0.25, 0.3) is 0 Å². The molecule has 0 aliphatic rings. The van der Waals surface area contributed by atoms with Crippen LogP contribution in [0, 0.1) is 5.41 Å². The molecule has 100 valence electrons. The Bertz CT molecular complexity index is 585. The van der Waals surface area contributed by atoms with Crippen molar-refractivity contribution in [1.29, 1.82) is 0 Å². The molecule has 2 rings (SSSR count). The Morgan fingerprint density at radius 3 is 2.58 bits per heavy atom. The molecule has 3 heteroatoms. The molecule has 3 nitrogen and oxygen atoms in total. The van der Waals surface area contributed by atoms with E-state index in [0.29, 0.717) is 13.0 Å². The Hall–Kier alpha value is -1.87. The van der Waals surface area contributed by atoms with Gasteiger partial charge < -0.3 is 11.1 Å². The first-order valence-corrected chi connectivity index (χ1v) is 6.49. The van der Waals surface area contributed by atoms with E-state index >= 15 is 0 Å². The minimum Gasteiger partial charge on any atom is -0.330 e. The summed E-state index contributed by atoms with van der Waals surface area (Å²) in [6.07, 6.45) is 0.423. The number of carbonyl (C=O) groups excluding carboxylic acids is 1. The van der Waals surface area contributed by atoms with Crippen molar-refractivity contribution in [1.82, 2.24) is 0 Å². The van der Waals surface area contributed by atoms with Gasteiger partial charge in [-0.2, -0.15) is 0 Å². The largest absolute Gasteiger partial charge is 0.330 e. The number of carbonyl (C=O) groups is 1. The molecule has 2 aromatic carbocycles. The predicted octanol–water partition coefficient (Wildman–Crippen LogP) is 3.15. The third kappa shape index (κ3) is 3.32. The highest BCUT2D eigenvalue weighted by Gasteiger charge is 2.20. The fraction of sp³-hybridized carbons (Fsp3) is 0.312. The van der Waals surface area contributed by atoms with Gasteiger partial charge in [0.05, 0.1) is 0 Å². The molecule has 0 spiro atoms. The zero-order valence-electron chi connectivity index (χ0n) is 11.4. The summed E-state index contributed by atoms with van der Waals surface area (Å²) < 4.78 is 0. The number of amides is 1. The van der Waals surface area contributed by atoms with Gasteiger partial charge >= 0.3 is 0 Å². The van der Waals surface area contributed by atoms with Crippen LogP contribution in [0.25, 0.3) is 10.8 Å². The molecule has 0 saturated heterocycles. The number of hydrogen-bond donors (Lipinski definition) is 2. The van der Waals surface area contributed by atoms with Crippen molar-refractivity contribution in [3.05, 3.63) is 42.5 Å². The molecule has 0 radical (unpaired) electrons. The Balaban J connectivity index is 2.20. The van der Waals surface area contributed by atoms with E-state index in [1.807, 2.05) is 56.3 Å². The maximum Gasteiger partial charge on any atom is 0.224 e. The molecule has 0 fully saturated rings. The molecule has 0 bridgehead atoms. The Morgan fingerprint density at radius 2 is 1.84 bits per heavy atom. The van der Waals surface area contributed by atoms with Crippen molar-refractivity contribution >= 4 is 22.4 Å². The van der Waals surface area contributed by atoms with Gasteiger partial charge in [0.15, 0.2) is 0 Å². The molecular weight excluding hydrogens is 236 g/mol. The van der Waals surface area contributed by atoms with Crippen LogP contribution >= 0.6 is 0 Å². The van der Waals surface area contributed by atoms with Gasteiger partial charge in [0.2, 0.25) is 5.91 Å². The van der Waals surface area contributed by atoms with Crippen LogP contribution < -0.4 is 11.1 Å². The average molecular weight is 256 g/mol. The van der Waals surface area contributed by atoms with Crippen molar-refractivity contribution in [2.75, 3.05) is 11.9 Å². The van der Waals surface area contributed by atoms with Gasteiger partial charge in [-0.05, 0) is 23.4 Å². The molecule has 0 aliphatic carbocycles. The molecule has 0 unspecified atom stereocenters. The van der Waals surface area contributed by atoms with Crippen molar-refractivity contribution in [2.24, 2.45) is 11.1 Å².